The Morgan fingerprint density at radius 2 is 2.10 bits per heavy atom. The Labute approximate surface area is 124 Å². The number of carbonyl (C=O) groups excluding carboxylic acids is 2. The van der Waals surface area contributed by atoms with Crippen LogP contribution >= 0.6 is 0 Å². The molecule has 0 bridgehead atoms. The van der Waals surface area contributed by atoms with E-state index < -0.39 is 11.6 Å². The van der Waals surface area contributed by atoms with Crippen LogP contribution in [0.1, 0.15) is 38.2 Å². The first-order valence-corrected chi connectivity index (χ1v) is 7.63. The average Bonchev–Trinajstić information content (AvgIpc) is 3.07. The van der Waals surface area contributed by atoms with E-state index in [2.05, 4.69) is 10.4 Å². The third-order valence-electron chi connectivity index (χ3n) is 4.74. The lowest BCUT2D eigenvalue weighted by Crippen LogP contribution is -2.69. The van der Waals surface area contributed by atoms with Crippen LogP contribution in [0.4, 0.5) is 0 Å². The number of amides is 2. The highest BCUT2D eigenvalue weighted by Crippen LogP contribution is 2.38. The van der Waals surface area contributed by atoms with Crippen molar-refractivity contribution < 1.29 is 9.59 Å². The Bertz CT molecular complexity index is 560. The summed E-state index contributed by atoms with van der Waals surface area (Å²) in [5, 5.41) is 7.00. The third kappa shape index (κ3) is 2.32. The molecule has 2 aliphatic rings. The summed E-state index contributed by atoms with van der Waals surface area (Å²) in [4.78, 5) is 26.9. The van der Waals surface area contributed by atoms with E-state index in [9.17, 15) is 9.59 Å². The maximum Gasteiger partial charge on any atom is 0.246 e. The van der Waals surface area contributed by atoms with Crippen LogP contribution < -0.4 is 5.32 Å². The number of hydrogen-bond donors (Lipinski definition) is 1. The smallest absolute Gasteiger partial charge is 0.246 e. The Balaban J connectivity index is 1.81. The molecule has 1 N–H and O–H groups in total. The molecule has 1 saturated carbocycles. The molecule has 1 saturated heterocycles. The topological polar surface area (TPSA) is 67.2 Å². The van der Waals surface area contributed by atoms with Crippen LogP contribution in [0.3, 0.4) is 0 Å². The minimum absolute atomic E-state index is 0.0262. The second kappa shape index (κ2) is 5.16. The second-order valence-electron chi connectivity index (χ2n) is 6.20. The lowest BCUT2D eigenvalue weighted by Gasteiger charge is -2.45. The predicted molar refractivity (Wildman–Crippen MR) is 77.4 cm³/mol. The molecule has 6 nitrogen and oxygen atoms in total. The van der Waals surface area contributed by atoms with Crippen LogP contribution in [-0.4, -0.2) is 44.6 Å². The van der Waals surface area contributed by atoms with Gasteiger partial charge in [-0.1, -0.05) is 12.8 Å². The van der Waals surface area contributed by atoms with Crippen molar-refractivity contribution in [3.8, 4) is 0 Å². The number of aromatic nitrogens is 2. The molecule has 1 unspecified atom stereocenters. The summed E-state index contributed by atoms with van der Waals surface area (Å²) < 4.78 is 1.76. The standard InChI is InChI=1S/C15H22N4O2/c1-11-13(20)19(8-5-12-9-16-18(2)10-12)15(14(21)17-11)6-3-4-7-15/h9-11H,3-8H2,1-2H3,(H,17,21). The first-order chi connectivity index (χ1) is 10.0. The van der Waals surface area contributed by atoms with Crippen LogP contribution in [-0.2, 0) is 23.1 Å². The molecule has 1 aromatic rings. The summed E-state index contributed by atoms with van der Waals surface area (Å²) in [6, 6.07) is -0.419. The molecule has 1 aromatic heterocycles. The molecule has 2 heterocycles. The molecule has 6 heteroatoms. The van der Waals surface area contributed by atoms with Crippen LogP contribution in [0.25, 0.3) is 0 Å². The predicted octanol–water partition coefficient (Wildman–Crippen LogP) is 0.622. The van der Waals surface area contributed by atoms with Crippen molar-refractivity contribution in [1.82, 2.24) is 20.0 Å². The van der Waals surface area contributed by atoms with Gasteiger partial charge in [-0.2, -0.15) is 5.10 Å². The van der Waals surface area contributed by atoms with Gasteiger partial charge in [0.05, 0.1) is 6.20 Å². The van der Waals surface area contributed by atoms with Gasteiger partial charge < -0.3 is 10.2 Å². The minimum atomic E-state index is -0.605. The van der Waals surface area contributed by atoms with Crippen molar-refractivity contribution in [3.63, 3.8) is 0 Å². The fourth-order valence-corrected chi connectivity index (χ4v) is 3.58. The molecule has 2 fully saturated rings. The quantitative estimate of drug-likeness (QED) is 0.887. The SMILES string of the molecule is CC1NC(=O)C2(CCCC2)N(CCc2cnn(C)c2)C1=O. The zero-order valence-electron chi connectivity index (χ0n) is 12.6. The van der Waals surface area contributed by atoms with Gasteiger partial charge in [0, 0.05) is 19.8 Å². The monoisotopic (exact) mass is 290 g/mol. The Kier molecular flexibility index (Phi) is 3.47. The number of carbonyl (C=O) groups is 2. The Hall–Kier alpha value is -1.85. The van der Waals surface area contributed by atoms with Crippen molar-refractivity contribution >= 4 is 11.8 Å². The molecule has 1 atom stereocenters. The van der Waals surface area contributed by atoms with Crippen LogP contribution in [0.2, 0.25) is 0 Å². The summed E-state index contributed by atoms with van der Waals surface area (Å²) in [7, 11) is 1.88. The van der Waals surface area contributed by atoms with Crippen molar-refractivity contribution in [2.24, 2.45) is 7.05 Å². The van der Waals surface area contributed by atoms with Crippen molar-refractivity contribution in [3.05, 3.63) is 18.0 Å². The average molecular weight is 290 g/mol. The zero-order chi connectivity index (χ0) is 15.0. The largest absolute Gasteiger partial charge is 0.343 e. The molecule has 1 spiro atoms. The lowest BCUT2D eigenvalue weighted by atomic mass is 9.89. The highest BCUT2D eigenvalue weighted by Gasteiger charge is 2.52. The molecule has 1 aliphatic carbocycles. The van der Waals surface area contributed by atoms with Gasteiger partial charge in [-0.25, -0.2) is 0 Å². The molecule has 0 radical (unpaired) electrons. The summed E-state index contributed by atoms with van der Waals surface area (Å²) in [6.07, 6.45) is 8.10. The fourth-order valence-electron chi connectivity index (χ4n) is 3.58. The van der Waals surface area contributed by atoms with Gasteiger partial charge in [0.2, 0.25) is 11.8 Å². The number of rotatable bonds is 3. The maximum absolute atomic E-state index is 12.5. The Morgan fingerprint density at radius 3 is 2.71 bits per heavy atom. The van der Waals surface area contributed by atoms with E-state index in [4.69, 9.17) is 0 Å². The van der Waals surface area contributed by atoms with E-state index in [0.717, 1.165) is 37.7 Å². The molecule has 114 valence electrons. The first kappa shape index (κ1) is 14.1. The van der Waals surface area contributed by atoms with E-state index >= 15 is 0 Å². The van der Waals surface area contributed by atoms with E-state index in [1.807, 2.05) is 24.3 Å². The van der Waals surface area contributed by atoms with Gasteiger partial charge in [0.25, 0.3) is 0 Å². The highest BCUT2D eigenvalue weighted by atomic mass is 16.2. The second-order valence-corrected chi connectivity index (χ2v) is 6.20. The summed E-state index contributed by atoms with van der Waals surface area (Å²) in [6.45, 7) is 2.35. The molecular weight excluding hydrogens is 268 g/mol. The fraction of sp³-hybridized carbons (Fsp3) is 0.667. The van der Waals surface area contributed by atoms with Crippen molar-refractivity contribution in [2.75, 3.05) is 6.54 Å². The molecule has 21 heavy (non-hydrogen) atoms. The number of aryl methyl sites for hydroxylation is 1. The van der Waals surface area contributed by atoms with E-state index in [0.29, 0.717) is 6.54 Å². The number of piperazine rings is 1. The zero-order valence-corrected chi connectivity index (χ0v) is 12.6. The molecule has 2 amide bonds. The van der Waals surface area contributed by atoms with E-state index in [1.165, 1.54) is 0 Å². The van der Waals surface area contributed by atoms with Gasteiger partial charge >= 0.3 is 0 Å². The lowest BCUT2D eigenvalue weighted by molar-refractivity contribution is -0.156. The van der Waals surface area contributed by atoms with Gasteiger partial charge in [-0.15, -0.1) is 0 Å². The summed E-state index contributed by atoms with van der Waals surface area (Å²) in [5.74, 6) is 0.0682. The number of nitrogens with zero attached hydrogens (tertiary/aromatic N) is 3. The van der Waals surface area contributed by atoms with Gasteiger partial charge in [-0.3, -0.25) is 14.3 Å². The van der Waals surface area contributed by atoms with Crippen molar-refractivity contribution in [1.29, 1.82) is 0 Å². The van der Waals surface area contributed by atoms with Crippen molar-refractivity contribution in [2.45, 2.75) is 50.6 Å². The van der Waals surface area contributed by atoms with E-state index in [-0.39, 0.29) is 11.8 Å². The van der Waals surface area contributed by atoms with Crippen LogP contribution in [0.15, 0.2) is 12.4 Å². The minimum Gasteiger partial charge on any atom is -0.343 e. The Morgan fingerprint density at radius 1 is 1.38 bits per heavy atom. The van der Waals surface area contributed by atoms with Gasteiger partial charge in [0.1, 0.15) is 11.6 Å². The first-order valence-electron chi connectivity index (χ1n) is 7.63. The maximum atomic E-state index is 12.5. The van der Waals surface area contributed by atoms with Crippen LogP contribution in [0, 0.1) is 0 Å². The molecular formula is C15H22N4O2. The number of nitrogens with one attached hydrogen (secondary N) is 1. The summed E-state index contributed by atoms with van der Waals surface area (Å²) in [5.41, 5.74) is 0.489. The van der Waals surface area contributed by atoms with Gasteiger partial charge in [0.15, 0.2) is 0 Å². The van der Waals surface area contributed by atoms with E-state index in [1.54, 1.807) is 11.6 Å². The number of hydrogen-bond acceptors (Lipinski definition) is 3. The molecule has 3 rings (SSSR count). The highest BCUT2D eigenvalue weighted by molar-refractivity contribution is 5.99. The summed E-state index contributed by atoms with van der Waals surface area (Å²) >= 11 is 0. The normalized spacial score (nSPS) is 24.7. The van der Waals surface area contributed by atoms with Crippen LogP contribution in [0.5, 0.6) is 0 Å². The van der Waals surface area contributed by atoms with Gasteiger partial charge in [-0.05, 0) is 31.7 Å². The molecule has 0 aromatic carbocycles. The molecule has 1 aliphatic heterocycles. The third-order valence-corrected chi connectivity index (χ3v) is 4.74.